The number of rotatable bonds is 5. The molecule has 0 bridgehead atoms. The Morgan fingerprint density at radius 2 is 2.13 bits per heavy atom. The number of aromatic nitrogens is 2. The Kier molecular flexibility index (Phi) is 8.92. The summed E-state index contributed by atoms with van der Waals surface area (Å²) in [6.45, 7) is 7.28. The first-order valence-corrected chi connectivity index (χ1v) is 10.1. The molecule has 0 unspecified atom stereocenters. The second-order valence-corrected chi connectivity index (χ2v) is 8.43. The van der Waals surface area contributed by atoms with Gasteiger partial charge in [0, 0.05) is 43.7 Å². The molecule has 2 heterocycles. The maximum Gasteiger partial charge on any atom is 0.410 e. The first-order valence-electron chi connectivity index (χ1n) is 9.77. The standard InChI is InChI=1S/C20H27ClN6O3.HI/c1-20(2,3)29-19(28)27-11-15(12-27)24-18(22-4)23-9-8-16-25-17(26-30-16)13-6-5-7-14(21)10-13;/h5-7,10,15H,8-9,11-12H2,1-4H3,(H2,22,23,24);1H. The van der Waals surface area contributed by atoms with E-state index in [2.05, 4.69) is 25.8 Å². The number of amides is 1. The average Bonchev–Trinajstić information content (AvgIpc) is 3.10. The fourth-order valence-electron chi connectivity index (χ4n) is 2.82. The minimum atomic E-state index is -0.491. The number of nitrogens with zero attached hydrogens (tertiary/aromatic N) is 4. The van der Waals surface area contributed by atoms with Gasteiger partial charge in [0.15, 0.2) is 5.96 Å². The van der Waals surface area contributed by atoms with Crippen LogP contribution in [0.4, 0.5) is 4.79 Å². The Bertz CT molecular complexity index is 908. The summed E-state index contributed by atoms with van der Waals surface area (Å²) in [4.78, 5) is 22.3. The van der Waals surface area contributed by atoms with Gasteiger partial charge in [-0.2, -0.15) is 4.98 Å². The van der Waals surface area contributed by atoms with Gasteiger partial charge < -0.3 is 24.8 Å². The lowest BCUT2D eigenvalue weighted by atomic mass is 10.1. The molecule has 0 atom stereocenters. The molecular weight excluding hydrogens is 535 g/mol. The number of guanidine groups is 1. The largest absolute Gasteiger partial charge is 0.444 e. The summed E-state index contributed by atoms with van der Waals surface area (Å²) in [7, 11) is 1.70. The highest BCUT2D eigenvalue weighted by Crippen LogP contribution is 2.20. The van der Waals surface area contributed by atoms with Crippen LogP contribution >= 0.6 is 35.6 Å². The molecule has 3 rings (SSSR count). The molecule has 0 aliphatic carbocycles. The van der Waals surface area contributed by atoms with Crippen LogP contribution in [0.5, 0.6) is 0 Å². The summed E-state index contributed by atoms with van der Waals surface area (Å²) in [5.74, 6) is 1.68. The molecule has 0 saturated carbocycles. The van der Waals surface area contributed by atoms with Crippen LogP contribution in [0.25, 0.3) is 11.4 Å². The van der Waals surface area contributed by atoms with Gasteiger partial charge in [0.1, 0.15) is 5.60 Å². The lowest BCUT2D eigenvalue weighted by molar-refractivity contribution is 0.00701. The maximum absolute atomic E-state index is 12.0. The number of halogens is 2. The number of likely N-dealkylation sites (tertiary alicyclic amines) is 1. The van der Waals surface area contributed by atoms with Crippen LogP contribution in [0.1, 0.15) is 26.7 Å². The van der Waals surface area contributed by atoms with E-state index < -0.39 is 5.60 Å². The van der Waals surface area contributed by atoms with Crippen LogP contribution < -0.4 is 10.6 Å². The Morgan fingerprint density at radius 1 is 1.39 bits per heavy atom. The zero-order valence-electron chi connectivity index (χ0n) is 18.0. The van der Waals surface area contributed by atoms with Crippen LogP contribution in [0, 0.1) is 0 Å². The number of nitrogens with one attached hydrogen (secondary N) is 2. The van der Waals surface area contributed by atoms with Gasteiger partial charge in [0.05, 0.1) is 6.04 Å². The molecule has 1 aliphatic rings. The molecule has 1 aromatic carbocycles. The van der Waals surface area contributed by atoms with Gasteiger partial charge in [0.2, 0.25) is 11.7 Å². The molecular formula is C20H28ClIN6O3. The third-order valence-electron chi connectivity index (χ3n) is 4.28. The zero-order valence-corrected chi connectivity index (χ0v) is 21.1. The van der Waals surface area contributed by atoms with Crippen LogP contribution in [-0.2, 0) is 11.2 Å². The van der Waals surface area contributed by atoms with E-state index in [0.717, 1.165) is 5.56 Å². The summed E-state index contributed by atoms with van der Waals surface area (Å²) in [5, 5.41) is 11.1. The van der Waals surface area contributed by atoms with Gasteiger partial charge >= 0.3 is 6.09 Å². The van der Waals surface area contributed by atoms with Gasteiger partial charge in [-0.25, -0.2) is 4.79 Å². The van der Waals surface area contributed by atoms with Crippen LogP contribution in [0.3, 0.4) is 0 Å². The van der Waals surface area contributed by atoms with E-state index in [1.54, 1.807) is 24.1 Å². The summed E-state index contributed by atoms with van der Waals surface area (Å²) in [6, 6.07) is 7.43. The van der Waals surface area contributed by atoms with Crippen molar-refractivity contribution in [2.45, 2.75) is 38.8 Å². The number of ether oxygens (including phenoxy) is 1. The molecule has 1 aromatic heterocycles. The van der Waals surface area contributed by atoms with Crippen LogP contribution in [0.2, 0.25) is 5.02 Å². The van der Waals surface area contributed by atoms with Crippen molar-refractivity contribution in [1.82, 2.24) is 25.7 Å². The summed E-state index contributed by atoms with van der Waals surface area (Å²) < 4.78 is 10.7. The number of carbonyl (C=O) groups is 1. The molecule has 1 fully saturated rings. The molecule has 11 heteroatoms. The lowest BCUT2D eigenvalue weighted by Gasteiger charge is -2.40. The Hall–Kier alpha value is -2.08. The lowest BCUT2D eigenvalue weighted by Crippen LogP contribution is -2.63. The van der Waals surface area contributed by atoms with Crippen molar-refractivity contribution in [3.8, 4) is 11.4 Å². The van der Waals surface area contributed by atoms with Crippen molar-refractivity contribution >= 4 is 47.6 Å². The van der Waals surface area contributed by atoms with E-state index >= 15 is 0 Å². The van der Waals surface area contributed by atoms with Crippen LogP contribution in [-0.4, -0.2) is 65.4 Å². The number of hydrogen-bond acceptors (Lipinski definition) is 6. The number of hydrogen-bond donors (Lipinski definition) is 2. The van der Waals surface area contributed by atoms with Crippen molar-refractivity contribution in [1.29, 1.82) is 0 Å². The molecule has 9 nitrogen and oxygen atoms in total. The van der Waals surface area contributed by atoms with E-state index in [4.69, 9.17) is 20.9 Å². The van der Waals surface area contributed by atoms with Gasteiger partial charge in [-0.15, -0.1) is 24.0 Å². The van der Waals surface area contributed by atoms with E-state index in [1.807, 2.05) is 32.9 Å². The molecule has 2 aromatic rings. The third-order valence-corrected chi connectivity index (χ3v) is 4.52. The van der Waals surface area contributed by atoms with Crippen molar-refractivity contribution in [2.24, 2.45) is 4.99 Å². The highest BCUT2D eigenvalue weighted by Gasteiger charge is 2.34. The summed E-state index contributed by atoms with van der Waals surface area (Å²) >= 11 is 6.00. The minimum absolute atomic E-state index is 0. The van der Waals surface area contributed by atoms with Crippen molar-refractivity contribution in [3.05, 3.63) is 35.2 Å². The molecule has 2 N–H and O–H groups in total. The maximum atomic E-state index is 12.0. The normalized spacial score (nSPS) is 14.5. The Balaban J connectivity index is 0.00000341. The summed E-state index contributed by atoms with van der Waals surface area (Å²) in [6.07, 6.45) is 0.249. The Labute approximate surface area is 204 Å². The zero-order chi connectivity index (χ0) is 21.7. The fraction of sp³-hybridized carbons (Fsp3) is 0.500. The number of carbonyl (C=O) groups excluding carboxylic acids is 1. The average molecular weight is 563 g/mol. The second-order valence-electron chi connectivity index (χ2n) is 8.00. The number of aliphatic imine (C=N–C) groups is 1. The van der Waals surface area contributed by atoms with Crippen molar-refractivity contribution < 1.29 is 14.1 Å². The fourth-order valence-corrected chi connectivity index (χ4v) is 3.01. The van der Waals surface area contributed by atoms with E-state index in [9.17, 15) is 4.79 Å². The van der Waals surface area contributed by atoms with Gasteiger partial charge in [0.25, 0.3) is 0 Å². The molecule has 1 saturated heterocycles. The second kappa shape index (κ2) is 11.0. The first-order chi connectivity index (χ1) is 14.2. The molecule has 0 spiro atoms. The van der Waals surface area contributed by atoms with E-state index in [-0.39, 0.29) is 36.1 Å². The van der Waals surface area contributed by atoms with Gasteiger partial charge in [-0.1, -0.05) is 28.9 Å². The third kappa shape index (κ3) is 7.53. The number of benzene rings is 1. The molecule has 31 heavy (non-hydrogen) atoms. The highest BCUT2D eigenvalue weighted by molar-refractivity contribution is 14.0. The molecule has 170 valence electrons. The van der Waals surface area contributed by atoms with Gasteiger partial charge in [-0.05, 0) is 32.9 Å². The topological polar surface area (TPSA) is 105 Å². The van der Waals surface area contributed by atoms with Crippen molar-refractivity contribution in [2.75, 3.05) is 26.7 Å². The quantitative estimate of drug-likeness (QED) is 0.327. The highest BCUT2D eigenvalue weighted by atomic mass is 127. The Morgan fingerprint density at radius 3 is 2.77 bits per heavy atom. The van der Waals surface area contributed by atoms with E-state index in [1.165, 1.54) is 0 Å². The smallest absolute Gasteiger partial charge is 0.410 e. The molecule has 1 amide bonds. The van der Waals surface area contributed by atoms with E-state index in [0.29, 0.717) is 48.8 Å². The SMILES string of the molecule is CN=C(NCCc1nc(-c2cccc(Cl)c2)no1)NC1CN(C(=O)OC(C)(C)C)C1.I. The predicted octanol–water partition coefficient (Wildman–Crippen LogP) is 3.33. The van der Waals surface area contributed by atoms with Gasteiger partial charge in [-0.3, -0.25) is 4.99 Å². The minimum Gasteiger partial charge on any atom is -0.444 e. The monoisotopic (exact) mass is 562 g/mol. The first kappa shape index (κ1) is 25.2. The molecule has 0 radical (unpaired) electrons. The summed E-state index contributed by atoms with van der Waals surface area (Å²) in [5.41, 5.74) is 0.316. The predicted molar refractivity (Wildman–Crippen MR) is 130 cm³/mol. The molecule has 1 aliphatic heterocycles. The van der Waals surface area contributed by atoms with Crippen LogP contribution in [0.15, 0.2) is 33.8 Å². The van der Waals surface area contributed by atoms with Crippen molar-refractivity contribution in [3.63, 3.8) is 0 Å².